The maximum absolute atomic E-state index is 12.7. The highest BCUT2D eigenvalue weighted by atomic mass is 35.5. The van der Waals surface area contributed by atoms with Gasteiger partial charge in [0, 0.05) is 13.0 Å². The maximum atomic E-state index is 12.7. The molecule has 10 heteroatoms. The number of carboxylic acid groups (broad SMARTS) is 1. The molecule has 0 fully saturated rings. The van der Waals surface area contributed by atoms with Crippen molar-refractivity contribution in [3.8, 4) is 0 Å². The number of aliphatic carboxylic acids is 1. The number of rotatable bonds is 8. The van der Waals surface area contributed by atoms with E-state index in [1.165, 1.54) is 12.0 Å². The molecule has 2 N–H and O–H groups in total. The van der Waals surface area contributed by atoms with E-state index in [9.17, 15) is 19.5 Å². The summed E-state index contributed by atoms with van der Waals surface area (Å²) in [7, 11) is 1.29. The number of carbonyl (C=O) groups is 3. The monoisotopic (exact) mass is 416 g/mol. The molecular formula is C17H18Cl2N2O6. The molecule has 0 aromatic heterocycles. The second-order valence-corrected chi connectivity index (χ2v) is 6.64. The van der Waals surface area contributed by atoms with Gasteiger partial charge in [-0.2, -0.15) is 0 Å². The Balaban J connectivity index is 2.08. The lowest BCUT2D eigenvalue weighted by molar-refractivity contribution is -0.174. The minimum atomic E-state index is -0.984. The van der Waals surface area contributed by atoms with Crippen molar-refractivity contribution in [3.05, 3.63) is 45.1 Å². The predicted octanol–water partition coefficient (Wildman–Crippen LogP) is 2.40. The number of carbonyl (C=O) groups excluding carboxylic acids is 2. The van der Waals surface area contributed by atoms with Crippen molar-refractivity contribution in [2.45, 2.75) is 19.4 Å². The van der Waals surface area contributed by atoms with E-state index in [-0.39, 0.29) is 38.0 Å². The van der Waals surface area contributed by atoms with Gasteiger partial charge in [0.05, 0.1) is 35.8 Å². The number of hydroxylamine groups is 2. The molecule has 2 rings (SSSR count). The van der Waals surface area contributed by atoms with Gasteiger partial charge >= 0.3 is 5.97 Å². The van der Waals surface area contributed by atoms with Crippen LogP contribution in [-0.2, 0) is 25.8 Å². The predicted molar refractivity (Wildman–Crippen MR) is 97.1 cm³/mol. The number of carboxylic acids is 1. The molecule has 1 aromatic rings. The first-order valence-electron chi connectivity index (χ1n) is 7.97. The van der Waals surface area contributed by atoms with Crippen molar-refractivity contribution in [1.82, 2.24) is 9.96 Å². The van der Waals surface area contributed by atoms with Crippen LogP contribution in [-0.4, -0.2) is 58.2 Å². The Kier molecular flexibility index (Phi) is 7.06. The van der Waals surface area contributed by atoms with Crippen LogP contribution >= 0.6 is 23.2 Å². The quantitative estimate of drug-likeness (QED) is 0.629. The number of nitrogens with zero attached hydrogens (tertiary/aromatic N) is 2. The van der Waals surface area contributed by atoms with Gasteiger partial charge in [0.2, 0.25) is 0 Å². The lowest BCUT2D eigenvalue weighted by Gasteiger charge is -2.21. The molecule has 1 aliphatic rings. The summed E-state index contributed by atoms with van der Waals surface area (Å²) in [6, 6.07) is 4.83. The smallest absolute Gasteiger partial charge is 0.303 e. The summed E-state index contributed by atoms with van der Waals surface area (Å²) in [5, 5.41) is 20.4. The zero-order valence-electron chi connectivity index (χ0n) is 14.4. The Hall–Kier alpha value is -2.29. The normalized spacial score (nSPS) is 14.0. The molecule has 0 spiro atoms. The summed E-state index contributed by atoms with van der Waals surface area (Å²) in [5.74, 6) is -3.03. The van der Waals surface area contributed by atoms with Crippen molar-refractivity contribution in [2.75, 3.05) is 20.2 Å². The van der Waals surface area contributed by atoms with E-state index in [0.29, 0.717) is 15.6 Å². The molecule has 27 heavy (non-hydrogen) atoms. The summed E-state index contributed by atoms with van der Waals surface area (Å²) in [4.78, 5) is 41.6. The van der Waals surface area contributed by atoms with E-state index < -0.39 is 23.5 Å². The van der Waals surface area contributed by atoms with Crippen molar-refractivity contribution in [2.24, 2.45) is 0 Å². The Labute approximate surface area is 165 Å². The van der Waals surface area contributed by atoms with Gasteiger partial charge in [0.15, 0.2) is 5.76 Å². The van der Waals surface area contributed by atoms with Crippen molar-refractivity contribution >= 4 is 41.0 Å². The highest BCUT2D eigenvalue weighted by molar-refractivity contribution is 6.42. The van der Waals surface area contributed by atoms with Crippen LogP contribution in [0.15, 0.2) is 29.5 Å². The Morgan fingerprint density at radius 2 is 2.00 bits per heavy atom. The van der Waals surface area contributed by atoms with E-state index >= 15 is 0 Å². The highest BCUT2D eigenvalue weighted by Gasteiger charge is 2.36. The molecule has 8 nitrogen and oxygen atoms in total. The van der Waals surface area contributed by atoms with Gasteiger partial charge in [-0.25, -0.2) is 5.06 Å². The molecule has 146 valence electrons. The number of hydrogen-bond acceptors (Lipinski definition) is 5. The number of halogens is 2. The van der Waals surface area contributed by atoms with Crippen molar-refractivity contribution in [1.29, 1.82) is 0 Å². The first-order chi connectivity index (χ1) is 12.7. The molecule has 2 amide bonds. The van der Waals surface area contributed by atoms with Gasteiger partial charge in [-0.1, -0.05) is 29.3 Å². The van der Waals surface area contributed by atoms with E-state index in [0.717, 1.165) is 5.06 Å². The van der Waals surface area contributed by atoms with E-state index in [1.807, 2.05) is 0 Å². The summed E-state index contributed by atoms with van der Waals surface area (Å²) < 4.78 is 0. The van der Waals surface area contributed by atoms with Crippen LogP contribution < -0.4 is 0 Å². The Bertz CT molecular complexity index is 796. The van der Waals surface area contributed by atoms with Gasteiger partial charge in [0.25, 0.3) is 11.8 Å². The topological polar surface area (TPSA) is 107 Å². The fourth-order valence-electron chi connectivity index (χ4n) is 2.56. The summed E-state index contributed by atoms with van der Waals surface area (Å²) >= 11 is 11.8. The van der Waals surface area contributed by atoms with Gasteiger partial charge in [-0.05, 0) is 24.1 Å². The van der Waals surface area contributed by atoms with E-state index in [2.05, 4.69) is 0 Å². The summed E-state index contributed by atoms with van der Waals surface area (Å²) in [5.41, 5.74) is 0.527. The van der Waals surface area contributed by atoms with Gasteiger partial charge < -0.3 is 15.1 Å². The van der Waals surface area contributed by atoms with Crippen LogP contribution in [0.5, 0.6) is 0 Å². The third kappa shape index (κ3) is 5.12. The highest BCUT2D eigenvalue weighted by Crippen LogP contribution is 2.25. The van der Waals surface area contributed by atoms with Gasteiger partial charge in [-0.15, -0.1) is 0 Å². The number of aliphatic hydroxyl groups is 1. The zero-order valence-corrected chi connectivity index (χ0v) is 16.0. The molecular weight excluding hydrogens is 399 g/mol. The Morgan fingerprint density at radius 1 is 1.30 bits per heavy atom. The lowest BCUT2D eigenvalue weighted by atomic mass is 10.2. The minimum Gasteiger partial charge on any atom is -0.503 e. The van der Waals surface area contributed by atoms with E-state index in [1.54, 1.807) is 18.2 Å². The SMILES string of the molecule is CON(Cc1ccc(Cl)c(Cl)c1)C(=O)C1=C(O)C(=O)N(CCCC(=O)O)C1. The molecule has 0 bridgehead atoms. The lowest BCUT2D eigenvalue weighted by Crippen LogP contribution is -2.33. The van der Waals surface area contributed by atoms with E-state index in [4.69, 9.17) is 33.1 Å². The van der Waals surface area contributed by atoms with Crippen LogP contribution in [0.2, 0.25) is 10.0 Å². The third-order valence-corrected chi connectivity index (χ3v) is 4.70. The second-order valence-electron chi connectivity index (χ2n) is 5.82. The molecule has 1 aromatic carbocycles. The summed E-state index contributed by atoms with van der Waals surface area (Å²) in [6.45, 7) is 0.0201. The first kappa shape index (κ1) is 21.0. The van der Waals surface area contributed by atoms with Crippen LogP contribution in [0.25, 0.3) is 0 Å². The molecule has 1 heterocycles. The number of amides is 2. The standard InChI is InChI=1S/C17H18Cl2N2O6/c1-27-21(8-10-4-5-12(18)13(19)7-10)16(25)11-9-20(17(26)15(11)24)6-2-3-14(22)23/h4-5,7,24H,2-3,6,8-9H2,1H3,(H,22,23). The number of aliphatic hydroxyl groups excluding tert-OH is 1. The number of benzene rings is 1. The minimum absolute atomic E-state index is 0.0240. The fourth-order valence-corrected chi connectivity index (χ4v) is 2.88. The Morgan fingerprint density at radius 3 is 2.59 bits per heavy atom. The average molecular weight is 417 g/mol. The second kappa shape index (κ2) is 9.07. The molecule has 1 aliphatic heterocycles. The van der Waals surface area contributed by atoms with Gasteiger partial charge in [-0.3, -0.25) is 19.2 Å². The number of hydrogen-bond donors (Lipinski definition) is 2. The fraction of sp³-hybridized carbons (Fsp3) is 0.353. The van der Waals surface area contributed by atoms with Crippen LogP contribution in [0.1, 0.15) is 18.4 Å². The molecule has 0 radical (unpaired) electrons. The van der Waals surface area contributed by atoms with Crippen molar-refractivity contribution in [3.63, 3.8) is 0 Å². The largest absolute Gasteiger partial charge is 0.503 e. The van der Waals surface area contributed by atoms with Gasteiger partial charge in [0.1, 0.15) is 0 Å². The summed E-state index contributed by atoms with van der Waals surface area (Å²) in [6.07, 6.45) is 0.0996. The van der Waals surface area contributed by atoms with Crippen molar-refractivity contribution < 1.29 is 29.4 Å². The average Bonchev–Trinajstić information content (AvgIpc) is 2.90. The zero-order chi connectivity index (χ0) is 20.1. The molecule has 0 unspecified atom stereocenters. The maximum Gasteiger partial charge on any atom is 0.303 e. The van der Waals surface area contributed by atoms with Crippen LogP contribution in [0, 0.1) is 0 Å². The van der Waals surface area contributed by atoms with Crippen LogP contribution in [0.3, 0.4) is 0 Å². The van der Waals surface area contributed by atoms with Crippen LogP contribution in [0.4, 0.5) is 0 Å². The molecule has 0 atom stereocenters. The molecule has 0 saturated heterocycles. The molecule has 0 saturated carbocycles. The third-order valence-electron chi connectivity index (χ3n) is 3.96. The first-order valence-corrected chi connectivity index (χ1v) is 8.73. The molecule has 0 aliphatic carbocycles.